The van der Waals surface area contributed by atoms with Crippen molar-refractivity contribution in [3.05, 3.63) is 63.8 Å². The number of nitrogens with zero attached hydrogens (tertiary/aromatic N) is 3. The summed E-state index contributed by atoms with van der Waals surface area (Å²) in [6.45, 7) is 3.68. The van der Waals surface area contributed by atoms with Crippen LogP contribution in [0.3, 0.4) is 0 Å². The highest BCUT2D eigenvalue weighted by Crippen LogP contribution is 2.25. The van der Waals surface area contributed by atoms with Gasteiger partial charge in [-0.1, -0.05) is 6.92 Å². The van der Waals surface area contributed by atoms with E-state index >= 15 is 0 Å². The van der Waals surface area contributed by atoms with Gasteiger partial charge in [0, 0.05) is 6.07 Å². The summed E-state index contributed by atoms with van der Waals surface area (Å²) in [5.74, 6) is 0.815. The van der Waals surface area contributed by atoms with Gasteiger partial charge in [0.25, 0.3) is 0 Å². The van der Waals surface area contributed by atoms with Crippen molar-refractivity contribution in [2.75, 3.05) is 0 Å². The molecular formula is C18H16N4O3. The zero-order valence-corrected chi connectivity index (χ0v) is 13.8. The van der Waals surface area contributed by atoms with Gasteiger partial charge in [-0.3, -0.25) is 0 Å². The first kappa shape index (κ1) is 16.3. The van der Waals surface area contributed by atoms with E-state index in [4.69, 9.17) is 10.00 Å². The van der Waals surface area contributed by atoms with Crippen LogP contribution in [-0.2, 0) is 6.42 Å². The summed E-state index contributed by atoms with van der Waals surface area (Å²) in [6, 6.07) is 10.4. The Morgan fingerprint density at radius 1 is 1.36 bits per heavy atom. The molecule has 0 aliphatic carbocycles. The average Bonchev–Trinajstić information content (AvgIpc) is 2.91. The molecule has 0 aliphatic rings. The molecule has 7 heteroatoms. The van der Waals surface area contributed by atoms with Crippen molar-refractivity contribution in [2.24, 2.45) is 0 Å². The van der Waals surface area contributed by atoms with Crippen LogP contribution in [0.15, 0.2) is 41.3 Å². The molecule has 7 nitrogen and oxygen atoms in total. The van der Waals surface area contributed by atoms with Crippen LogP contribution in [0, 0.1) is 18.3 Å². The Bertz CT molecular complexity index is 1010. The van der Waals surface area contributed by atoms with Crippen LogP contribution in [0.2, 0.25) is 0 Å². The van der Waals surface area contributed by atoms with Crippen LogP contribution >= 0.6 is 0 Å². The minimum Gasteiger partial charge on any atom is -0.493 e. The molecule has 0 spiro atoms. The number of nitrogens with one attached hydrogen (secondary N) is 1. The van der Waals surface area contributed by atoms with Crippen LogP contribution < -0.4 is 10.4 Å². The monoisotopic (exact) mass is 336 g/mol. The Hall–Kier alpha value is -3.53. The minimum absolute atomic E-state index is 0.120. The highest BCUT2D eigenvalue weighted by molar-refractivity contribution is 5.43. The molecule has 0 atom stereocenters. The number of hydrogen-bond donors (Lipinski definition) is 2. The normalized spacial score (nSPS) is 10.4. The largest absolute Gasteiger partial charge is 0.493 e. The van der Waals surface area contributed by atoms with Crippen molar-refractivity contribution in [1.29, 1.82) is 5.26 Å². The maximum atomic E-state index is 12.0. The molecule has 2 heterocycles. The number of rotatable bonds is 4. The lowest BCUT2D eigenvalue weighted by atomic mass is 10.1. The highest BCUT2D eigenvalue weighted by Gasteiger charge is 2.13. The van der Waals surface area contributed by atoms with Gasteiger partial charge in [-0.25, -0.2) is 14.3 Å². The van der Waals surface area contributed by atoms with Crippen molar-refractivity contribution < 1.29 is 9.84 Å². The fourth-order valence-electron chi connectivity index (χ4n) is 2.47. The summed E-state index contributed by atoms with van der Waals surface area (Å²) in [7, 11) is 0. The lowest BCUT2D eigenvalue weighted by Gasteiger charge is -2.09. The molecule has 3 aromatic rings. The summed E-state index contributed by atoms with van der Waals surface area (Å²) in [4.78, 5) is 18.7. The molecule has 0 bridgehead atoms. The van der Waals surface area contributed by atoms with Crippen molar-refractivity contribution in [1.82, 2.24) is 14.5 Å². The number of aromatic amines is 1. The van der Waals surface area contributed by atoms with Gasteiger partial charge in [-0.05, 0) is 43.2 Å². The molecule has 2 aromatic heterocycles. The molecule has 126 valence electrons. The maximum Gasteiger partial charge on any atom is 0.333 e. The Morgan fingerprint density at radius 3 is 2.72 bits per heavy atom. The zero-order chi connectivity index (χ0) is 18.0. The van der Waals surface area contributed by atoms with Crippen LogP contribution in [0.25, 0.3) is 5.69 Å². The Morgan fingerprint density at radius 2 is 2.16 bits per heavy atom. The van der Waals surface area contributed by atoms with E-state index in [2.05, 4.69) is 16.0 Å². The predicted molar refractivity (Wildman–Crippen MR) is 91.2 cm³/mol. The quantitative estimate of drug-likeness (QED) is 0.762. The molecule has 25 heavy (non-hydrogen) atoms. The fourth-order valence-corrected chi connectivity index (χ4v) is 2.47. The number of hydrogen-bond acceptors (Lipinski definition) is 5. The summed E-state index contributed by atoms with van der Waals surface area (Å²) in [6.07, 6.45) is 1.96. The molecular weight excluding hydrogens is 320 g/mol. The summed E-state index contributed by atoms with van der Waals surface area (Å²) in [5.41, 5.74) is 1.85. The molecule has 0 fully saturated rings. The number of aryl methyl sites for hydroxylation is 2. The SMILES string of the molecule is CCc1[nH]c(=O)n(-c2ccc(Oc3ccc(C#N)cc3C)nc2)c1O. The molecule has 0 saturated heterocycles. The Labute approximate surface area is 143 Å². The molecule has 0 saturated carbocycles. The third-order valence-corrected chi connectivity index (χ3v) is 3.79. The molecule has 0 unspecified atom stereocenters. The molecule has 0 aliphatic heterocycles. The van der Waals surface area contributed by atoms with Gasteiger partial charge in [-0.2, -0.15) is 5.26 Å². The highest BCUT2D eigenvalue weighted by atomic mass is 16.5. The van der Waals surface area contributed by atoms with E-state index < -0.39 is 5.69 Å². The van der Waals surface area contributed by atoms with Gasteiger partial charge < -0.3 is 14.8 Å². The number of aromatic nitrogens is 3. The van der Waals surface area contributed by atoms with Gasteiger partial charge in [0.2, 0.25) is 11.8 Å². The lowest BCUT2D eigenvalue weighted by molar-refractivity contribution is 0.434. The first-order chi connectivity index (χ1) is 12.0. The third-order valence-electron chi connectivity index (χ3n) is 3.79. The lowest BCUT2D eigenvalue weighted by Crippen LogP contribution is -2.14. The van der Waals surface area contributed by atoms with Crippen molar-refractivity contribution in [3.63, 3.8) is 0 Å². The molecule has 0 radical (unpaired) electrons. The number of aromatic hydroxyl groups is 1. The average molecular weight is 336 g/mol. The third kappa shape index (κ3) is 3.10. The number of ether oxygens (including phenoxy) is 1. The van der Waals surface area contributed by atoms with E-state index in [0.29, 0.717) is 35.0 Å². The standard InChI is InChI=1S/C18H16N4O3/c1-3-14-17(23)22(18(24)21-14)13-5-7-16(20-10-13)25-15-6-4-12(9-19)8-11(15)2/h4-8,10,23H,3H2,1-2H3,(H,21,24). The molecule has 2 N–H and O–H groups in total. The van der Waals surface area contributed by atoms with Gasteiger partial charge in [-0.15, -0.1) is 0 Å². The molecule has 3 rings (SSSR count). The van der Waals surface area contributed by atoms with Crippen LogP contribution in [-0.4, -0.2) is 19.6 Å². The van der Waals surface area contributed by atoms with E-state index in [9.17, 15) is 9.90 Å². The maximum absolute atomic E-state index is 12.0. The fraction of sp³-hybridized carbons (Fsp3) is 0.167. The smallest absolute Gasteiger partial charge is 0.333 e. The van der Waals surface area contributed by atoms with Crippen molar-refractivity contribution >= 4 is 0 Å². The summed E-state index contributed by atoms with van der Waals surface area (Å²) in [5, 5.41) is 19.0. The van der Waals surface area contributed by atoms with Gasteiger partial charge >= 0.3 is 5.69 Å². The second kappa shape index (κ2) is 6.53. The number of nitriles is 1. The topological polar surface area (TPSA) is 104 Å². The molecule has 0 amide bonds. The van der Waals surface area contributed by atoms with Crippen molar-refractivity contribution in [2.45, 2.75) is 20.3 Å². The minimum atomic E-state index is -0.423. The van der Waals surface area contributed by atoms with E-state index in [0.717, 1.165) is 10.1 Å². The van der Waals surface area contributed by atoms with E-state index in [-0.39, 0.29) is 5.88 Å². The first-order valence-electron chi connectivity index (χ1n) is 7.71. The van der Waals surface area contributed by atoms with Gasteiger partial charge in [0.05, 0.1) is 29.2 Å². The summed E-state index contributed by atoms with van der Waals surface area (Å²) < 4.78 is 6.86. The van der Waals surface area contributed by atoms with Gasteiger partial charge in [0.15, 0.2) is 0 Å². The Balaban J connectivity index is 1.88. The van der Waals surface area contributed by atoms with E-state index in [1.54, 1.807) is 30.3 Å². The Kier molecular flexibility index (Phi) is 4.27. The van der Waals surface area contributed by atoms with Crippen LogP contribution in [0.5, 0.6) is 17.5 Å². The number of pyridine rings is 1. The first-order valence-corrected chi connectivity index (χ1v) is 7.71. The number of H-pyrrole nitrogens is 1. The van der Waals surface area contributed by atoms with E-state index in [1.807, 2.05) is 13.8 Å². The predicted octanol–water partition coefficient (Wildman–Crippen LogP) is 2.80. The molecule has 1 aromatic carbocycles. The number of imidazole rings is 1. The van der Waals surface area contributed by atoms with Crippen molar-refractivity contribution in [3.8, 4) is 29.3 Å². The van der Waals surface area contributed by atoms with Gasteiger partial charge in [0.1, 0.15) is 5.75 Å². The van der Waals surface area contributed by atoms with Crippen LogP contribution in [0.1, 0.15) is 23.7 Å². The zero-order valence-electron chi connectivity index (χ0n) is 13.8. The number of benzene rings is 1. The van der Waals surface area contributed by atoms with E-state index in [1.165, 1.54) is 6.20 Å². The second-order valence-electron chi connectivity index (χ2n) is 5.47. The van der Waals surface area contributed by atoms with Crippen LogP contribution in [0.4, 0.5) is 0 Å². The second-order valence-corrected chi connectivity index (χ2v) is 5.47. The summed E-state index contributed by atoms with van der Waals surface area (Å²) >= 11 is 0.